The van der Waals surface area contributed by atoms with E-state index in [1.807, 2.05) is 0 Å². The van der Waals surface area contributed by atoms with Gasteiger partial charge in [-0.3, -0.25) is 9.69 Å². The van der Waals surface area contributed by atoms with Gasteiger partial charge < -0.3 is 10.2 Å². The summed E-state index contributed by atoms with van der Waals surface area (Å²) in [5, 5.41) is 22.1. The Labute approximate surface area is 204 Å². The van der Waals surface area contributed by atoms with E-state index in [2.05, 4.69) is 25.7 Å². The molecule has 0 aromatic carbocycles. The first kappa shape index (κ1) is 23.8. The van der Waals surface area contributed by atoms with E-state index in [0.717, 1.165) is 44.6 Å². The largest absolute Gasteiger partial charge is 0.393 e. The van der Waals surface area contributed by atoms with E-state index in [1.165, 1.54) is 25.8 Å². The lowest BCUT2D eigenvalue weighted by Crippen LogP contribution is -2.67. The molecule has 6 rings (SSSR count). The fraction of sp³-hybridized carbons (Fsp3) is 0.963. The molecule has 4 nitrogen and oxygen atoms in total. The van der Waals surface area contributed by atoms with Crippen LogP contribution in [0.3, 0.4) is 0 Å². The third kappa shape index (κ3) is 3.27. The van der Waals surface area contributed by atoms with Gasteiger partial charge in [0.2, 0.25) is 0 Å². The van der Waals surface area contributed by atoms with Gasteiger partial charge in [0.25, 0.3) is 0 Å². The Morgan fingerprint density at radius 3 is 2.47 bits per heavy atom. The average molecular weight is 511 g/mol. The molecule has 0 aromatic heterocycles. The summed E-state index contributed by atoms with van der Waals surface area (Å²) < 4.78 is 0. The summed E-state index contributed by atoms with van der Waals surface area (Å²) >= 11 is 0. The predicted molar refractivity (Wildman–Crippen MR) is 131 cm³/mol. The summed E-state index contributed by atoms with van der Waals surface area (Å²) in [5.74, 6) is 4.82. The summed E-state index contributed by atoms with van der Waals surface area (Å²) in [6, 6.07) is 0.341. The lowest BCUT2D eigenvalue weighted by Gasteiger charge is -2.59. The average Bonchev–Trinajstić information content (AvgIpc) is 3.09. The van der Waals surface area contributed by atoms with Crippen molar-refractivity contribution in [1.82, 2.24) is 4.90 Å². The zero-order valence-electron chi connectivity index (χ0n) is 20.2. The van der Waals surface area contributed by atoms with Crippen LogP contribution in [0.4, 0.5) is 0 Å². The lowest BCUT2D eigenvalue weighted by molar-refractivity contribution is -0.175. The van der Waals surface area contributed by atoms with E-state index in [1.54, 1.807) is 0 Å². The first-order chi connectivity index (χ1) is 14.7. The standard InChI is InChI=1S/C27H43NO3.BrH/c1-15-4-7-25-27(3,31)21-6-5-17-18(20(21)14-28(25)13-15)11-22-19(17)12-24(30)23-10-16(29)8-9-26(22,23)2;/h15-23,25,29,31H,4-14H2,1-3H3;1H/t15-,16-,17-,18+,19-,20-,21-,22-,23+,25-,26+,27+;/m0./s1. The molecule has 32 heavy (non-hydrogen) atoms. The molecule has 2 aliphatic heterocycles. The molecule has 2 N–H and O–H groups in total. The summed E-state index contributed by atoms with van der Waals surface area (Å²) in [7, 11) is 0. The van der Waals surface area contributed by atoms with E-state index < -0.39 is 5.60 Å². The quantitative estimate of drug-likeness (QED) is 0.505. The van der Waals surface area contributed by atoms with Crippen molar-refractivity contribution >= 4 is 22.8 Å². The van der Waals surface area contributed by atoms with E-state index in [-0.39, 0.29) is 34.4 Å². The third-order valence-corrected chi connectivity index (χ3v) is 11.8. The highest BCUT2D eigenvalue weighted by Crippen LogP contribution is 2.66. The molecule has 2 heterocycles. The number of aliphatic hydroxyl groups is 2. The van der Waals surface area contributed by atoms with Gasteiger partial charge in [0, 0.05) is 31.5 Å². The van der Waals surface area contributed by atoms with Gasteiger partial charge in [-0.2, -0.15) is 0 Å². The van der Waals surface area contributed by atoms with Crippen LogP contribution in [0, 0.1) is 52.8 Å². The Hall–Kier alpha value is 0.0300. The normalized spacial score (nSPS) is 57.3. The molecule has 0 bridgehead atoms. The third-order valence-electron chi connectivity index (χ3n) is 11.8. The molecule has 5 heteroatoms. The van der Waals surface area contributed by atoms with Crippen LogP contribution < -0.4 is 0 Å². The zero-order valence-corrected chi connectivity index (χ0v) is 21.9. The van der Waals surface area contributed by atoms with Crippen LogP contribution in [0.5, 0.6) is 0 Å². The molecule has 12 atom stereocenters. The summed E-state index contributed by atoms with van der Waals surface area (Å²) in [6.07, 6.45) is 9.08. The number of halogens is 1. The van der Waals surface area contributed by atoms with Crippen LogP contribution in [0.1, 0.15) is 78.6 Å². The number of hydrogen-bond donors (Lipinski definition) is 2. The summed E-state index contributed by atoms with van der Waals surface area (Å²) in [6.45, 7) is 9.23. The SMILES string of the molecule is Br.C[C@H]1CC[C@@H]2N(C1)C[C@H]1[C@@H]3C[C@H]4[C@@H](CC(=O)[C@H]5C[C@@H](O)CC[C@@]54C)[C@H]3CC[C@@H]1[C@@]2(C)O. The number of nitrogens with zero attached hydrogens (tertiary/aromatic N) is 1. The number of Topliss-reactive ketones (excluding diaryl/α,β-unsaturated/α-hetero) is 1. The molecule has 0 unspecified atom stereocenters. The number of carbonyl (C=O) groups is 1. The molecular weight excluding hydrogens is 466 g/mol. The van der Waals surface area contributed by atoms with Crippen molar-refractivity contribution in [3.63, 3.8) is 0 Å². The van der Waals surface area contributed by atoms with Crippen molar-refractivity contribution < 1.29 is 15.0 Å². The molecule has 2 saturated heterocycles. The Morgan fingerprint density at radius 2 is 1.69 bits per heavy atom. The molecule has 0 aromatic rings. The van der Waals surface area contributed by atoms with Gasteiger partial charge >= 0.3 is 0 Å². The van der Waals surface area contributed by atoms with Gasteiger partial charge in [-0.1, -0.05) is 13.8 Å². The minimum absolute atomic E-state index is 0. The van der Waals surface area contributed by atoms with Gasteiger partial charge in [0.15, 0.2) is 0 Å². The number of rotatable bonds is 0. The second-order valence-corrected chi connectivity index (χ2v) is 13.2. The van der Waals surface area contributed by atoms with Crippen LogP contribution in [-0.4, -0.2) is 51.7 Å². The highest BCUT2D eigenvalue weighted by atomic mass is 79.9. The monoisotopic (exact) mass is 509 g/mol. The summed E-state index contributed by atoms with van der Waals surface area (Å²) in [5.41, 5.74) is -0.482. The van der Waals surface area contributed by atoms with Crippen LogP contribution in [0.15, 0.2) is 0 Å². The van der Waals surface area contributed by atoms with Gasteiger partial charge in [-0.15, -0.1) is 17.0 Å². The molecule has 6 aliphatic rings. The second kappa shape index (κ2) is 8.03. The molecule has 0 amide bonds. The molecule has 182 valence electrons. The van der Waals surface area contributed by atoms with Gasteiger partial charge in [0.1, 0.15) is 5.78 Å². The van der Waals surface area contributed by atoms with Crippen molar-refractivity contribution in [1.29, 1.82) is 0 Å². The molecule has 4 saturated carbocycles. The van der Waals surface area contributed by atoms with Gasteiger partial charge in [0.05, 0.1) is 11.7 Å². The fourth-order valence-electron chi connectivity index (χ4n) is 10.4. The molecule has 4 aliphatic carbocycles. The van der Waals surface area contributed by atoms with Crippen LogP contribution in [0.25, 0.3) is 0 Å². The van der Waals surface area contributed by atoms with Gasteiger partial charge in [-0.25, -0.2) is 0 Å². The van der Waals surface area contributed by atoms with E-state index in [0.29, 0.717) is 53.8 Å². The van der Waals surface area contributed by atoms with Crippen molar-refractivity contribution in [2.24, 2.45) is 52.8 Å². The van der Waals surface area contributed by atoms with Crippen molar-refractivity contribution in [3.8, 4) is 0 Å². The number of piperidine rings is 2. The molecule has 0 spiro atoms. The van der Waals surface area contributed by atoms with Crippen molar-refractivity contribution in [3.05, 3.63) is 0 Å². The minimum atomic E-state index is -0.570. The highest BCUT2D eigenvalue weighted by molar-refractivity contribution is 8.93. The zero-order chi connectivity index (χ0) is 21.7. The summed E-state index contributed by atoms with van der Waals surface area (Å²) in [4.78, 5) is 15.9. The topological polar surface area (TPSA) is 60.8 Å². The first-order valence-corrected chi connectivity index (χ1v) is 13.4. The number of aliphatic hydroxyl groups excluding tert-OH is 1. The predicted octanol–water partition coefficient (Wildman–Crippen LogP) is 4.46. The highest BCUT2D eigenvalue weighted by Gasteiger charge is 2.64. The maximum atomic E-state index is 13.2. The smallest absolute Gasteiger partial charge is 0.136 e. The Kier molecular flexibility index (Phi) is 5.96. The van der Waals surface area contributed by atoms with Gasteiger partial charge in [-0.05, 0) is 105 Å². The van der Waals surface area contributed by atoms with Crippen molar-refractivity contribution in [2.75, 3.05) is 13.1 Å². The molecule has 6 fully saturated rings. The minimum Gasteiger partial charge on any atom is -0.393 e. The second-order valence-electron chi connectivity index (χ2n) is 13.2. The van der Waals surface area contributed by atoms with E-state index in [9.17, 15) is 15.0 Å². The van der Waals surface area contributed by atoms with E-state index in [4.69, 9.17) is 0 Å². The Morgan fingerprint density at radius 1 is 0.906 bits per heavy atom. The Bertz CT molecular complexity index is 757. The van der Waals surface area contributed by atoms with Crippen LogP contribution in [0.2, 0.25) is 0 Å². The first-order valence-electron chi connectivity index (χ1n) is 13.4. The maximum Gasteiger partial charge on any atom is 0.136 e. The Balaban J connectivity index is 0.00000216. The van der Waals surface area contributed by atoms with Crippen molar-refractivity contribution in [2.45, 2.75) is 96.3 Å². The maximum absolute atomic E-state index is 13.2. The lowest BCUT2D eigenvalue weighted by atomic mass is 9.51. The number of ketones is 1. The number of hydrogen-bond acceptors (Lipinski definition) is 4. The van der Waals surface area contributed by atoms with E-state index >= 15 is 0 Å². The number of carbonyl (C=O) groups excluding carboxylic acids is 1. The molecule has 0 radical (unpaired) electrons. The number of fused-ring (bicyclic) bond motifs is 8. The van der Waals surface area contributed by atoms with Crippen LogP contribution in [-0.2, 0) is 4.79 Å². The fourth-order valence-corrected chi connectivity index (χ4v) is 10.4. The molecular formula is C27H44BrNO3. The van der Waals surface area contributed by atoms with Crippen LogP contribution >= 0.6 is 17.0 Å².